The molecule has 0 spiro atoms. The fourth-order valence-electron chi connectivity index (χ4n) is 2.09. The number of benzene rings is 1. The first-order valence-corrected chi connectivity index (χ1v) is 5.37. The Morgan fingerprint density at radius 3 is 2.94 bits per heavy atom. The lowest BCUT2D eigenvalue weighted by Gasteiger charge is -2.16. The fraction of sp³-hybridized carbons (Fsp3) is 0.0769. The third kappa shape index (κ3) is 1.48. The van der Waals surface area contributed by atoms with Gasteiger partial charge in [-0.2, -0.15) is 0 Å². The van der Waals surface area contributed by atoms with Gasteiger partial charge in [0.2, 0.25) is 0 Å². The van der Waals surface area contributed by atoms with Crippen molar-refractivity contribution in [1.82, 2.24) is 0 Å². The van der Waals surface area contributed by atoms with Gasteiger partial charge in [-0.05, 0) is 23.8 Å². The molecule has 0 fully saturated rings. The molecule has 88 valence electrons. The maximum absolute atomic E-state index is 11.8. The molecule has 2 heterocycles. The quantitative estimate of drug-likeness (QED) is 0.745. The van der Waals surface area contributed by atoms with Crippen LogP contribution >= 0.6 is 0 Å². The van der Waals surface area contributed by atoms with Crippen molar-refractivity contribution in [3.8, 4) is 0 Å². The Balaban J connectivity index is 2.35. The predicted molar refractivity (Wildman–Crippen MR) is 63.7 cm³/mol. The standard InChI is InChI=1S/C13H8N2O3/c16-12-9-3-4-14-6-10(9)8-2-1-7(13(17)18)5-11(8)15-12/h1-6,9H,(H,17,18). The van der Waals surface area contributed by atoms with Gasteiger partial charge in [-0.1, -0.05) is 6.07 Å². The van der Waals surface area contributed by atoms with E-state index in [4.69, 9.17) is 5.11 Å². The van der Waals surface area contributed by atoms with E-state index in [0.29, 0.717) is 5.36 Å². The van der Waals surface area contributed by atoms with Crippen LogP contribution in [0.4, 0.5) is 0 Å². The number of hydrogen-bond donors (Lipinski definition) is 1. The molecule has 1 aromatic carbocycles. The Kier molecular flexibility index (Phi) is 2.19. The second-order valence-electron chi connectivity index (χ2n) is 4.04. The van der Waals surface area contributed by atoms with Crippen LogP contribution in [-0.2, 0) is 4.79 Å². The van der Waals surface area contributed by atoms with Gasteiger partial charge in [0.05, 0.1) is 16.8 Å². The molecule has 0 saturated carbocycles. The molecule has 0 saturated heterocycles. The average Bonchev–Trinajstić information content (AvgIpc) is 2.38. The van der Waals surface area contributed by atoms with Gasteiger partial charge in [-0.3, -0.25) is 9.79 Å². The van der Waals surface area contributed by atoms with Crippen LogP contribution in [0.5, 0.6) is 0 Å². The van der Waals surface area contributed by atoms with Crippen molar-refractivity contribution in [1.29, 1.82) is 0 Å². The van der Waals surface area contributed by atoms with E-state index in [2.05, 4.69) is 9.98 Å². The van der Waals surface area contributed by atoms with Crippen molar-refractivity contribution >= 4 is 23.7 Å². The van der Waals surface area contributed by atoms with Crippen molar-refractivity contribution in [2.45, 2.75) is 0 Å². The van der Waals surface area contributed by atoms with Crippen LogP contribution in [0.1, 0.15) is 10.4 Å². The number of aliphatic imine (C=N–C) groups is 1. The molecule has 0 aromatic heterocycles. The summed E-state index contributed by atoms with van der Waals surface area (Å²) in [5, 5.41) is 10.1. The predicted octanol–water partition coefficient (Wildman–Crippen LogP) is -0.0904. The highest BCUT2D eigenvalue weighted by Crippen LogP contribution is 2.18. The van der Waals surface area contributed by atoms with Gasteiger partial charge in [-0.15, -0.1) is 0 Å². The average molecular weight is 240 g/mol. The molecule has 1 atom stereocenters. The molecule has 5 heteroatoms. The first-order valence-electron chi connectivity index (χ1n) is 5.37. The van der Waals surface area contributed by atoms with Gasteiger partial charge in [0.25, 0.3) is 5.91 Å². The largest absolute Gasteiger partial charge is 0.478 e. The lowest BCUT2D eigenvalue weighted by Crippen LogP contribution is -2.38. The number of amides is 1. The Morgan fingerprint density at radius 1 is 1.33 bits per heavy atom. The topological polar surface area (TPSA) is 79.1 Å². The molecular weight excluding hydrogens is 232 g/mol. The molecule has 2 aliphatic rings. The molecule has 1 aromatic rings. The number of rotatable bonds is 1. The van der Waals surface area contributed by atoms with Crippen molar-refractivity contribution in [2.24, 2.45) is 15.9 Å². The lowest BCUT2D eigenvalue weighted by atomic mass is 9.92. The summed E-state index contributed by atoms with van der Waals surface area (Å²) < 4.78 is 0. The van der Waals surface area contributed by atoms with Crippen molar-refractivity contribution < 1.29 is 14.7 Å². The molecule has 0 radical (unpaired) electrons. The number of nitrogens with zero attached hydrogens (tertiary/aromatic N) is 2. The number of carboxylic acids is 1. The molecule has 5 nitrogen and oxygen atoms in total. The fourth-order valence-corrected chi connectivity index (χ4v) is 2.09. The highest BCUT2D eigenvalue weighted by Gasteiger charge is 2.24. The SMILES string of the molecule is O=C(O)c1ccc2c(c1)=NC(=O)C1C=CN=CC=21. The van der Waals surface area contributed by atoms with E-state index in [1.807, 2.05) is 0 Å². The summed E-state index contributed by atoms with van der Waals surface area (Å²) in [6.07, 6.45) is 4.88. The Morgan fingerprint density at radius 2 is 2.17 bits per heavy atom. The number of aromatic carboxylic acids is 1. The van der Waals surface area contributed by atoms with Crippen LogP contribution in [-0.4, -0.2) is 23.2 Å². The lowest BCUT2D eigenvalue weighted by molar-refractivity contribution is -0.119. The summed E-state index contributed by atoms with van der Waals surface area (Å²) >= 11 is 0. The third-order valence-corrected chi connectivity index (χ3v) is 2.97. The normalized spacial score (nSPS) is 20.1. The number of carboxylic acid groups (broad SMARTS) is 1. The van der Waals surface area contributed by atoms with Crippen molar-refractivity contribution in [3.63, 3.8) is 0 Å². The minimum atomic E-state index is -1.04. The zero-order valence-electron chi connectivity index (χ0n) is 9.20. The molecule has 0 bridgehead atoms. The highest BCUT2D eigenvalue weighted by atomic mass is 16.4. The van der Waals surface area contributed by atoms with E-state index < -0.39 is 11.9 Å². The van der Waals surface area contributed by atoms with Crippen molar-refractivity contribution in [2.75, 3.05) is 0 Å². The van der Waals surface area contributed by atoms with Crippen LogP contribution in [0.15, 0.2) is 40.5 Å². The minimum Gasteiger partial charge on any atom is -0.478 e. The van der Waals surface area contributed by atoms with Crippen molar-refractivity contribution in [3.05, 3.63) is 46.6 Å². The van der Waals surface area contributed by atoms with E-state index in [1.165, 1.54) is 12.1 Å². The van der Waals surface area contributed by atoms with E-state index in [-0.39, 0.29) is 11.5 Å². The van der Waals surface area contributed by atoms with Crippen LogP contribution in [0.2, 0.25) is 0 Å². The molecule has 1 N–H and O–H groups in total. The van der Waals surface area contributed by atoms with E-state index in [9.17, 15) is 9.59 Å². The summed E-state index contributed by atoms with van der Waals surface area (Å²) in [6, 6.07) is 4.58. The van der Waals surface area contributed by atoms with Crippen LogP contribution in [0.3, 0.4) is 0 Å². The maximum atomic E-state index is 11.8. The van der Waals surface area contributed by atoms with Gasteiger partial charge < -0.3 is 5.11 Å². The first-order chi connectivity index (χ1) is 8.66. The molecule has 18 heavy (non-hydrogen) atoms. The Bertz CT molecular complexity index is 744. The number of hydrogen-bond acceptors (Lipinski definition) is 3. The number of fused-ring (bicyclic) bond motifs is 2. The summed E-state index contributed by atoms with van der Waals surface area (Å²) in [7, 11) is 0. The molecule has 1 unspecified atom stereocenters. The molecule has 1 amide bonds. The molecule has 2 aliphatic heterocycles. The molecular formula is C13H8N2O3. The summed E-state index contributed by atoms with van der Waals surface area (Å²) in [6.45, 7) is 0. The Labute approximate surface area is 102 Å². The van der Waals surface area contributed by atoms with Gasteiger partial charge in [0, 0.05) is 17.6 Å². The first kappa shape index (κ1) is 10.6. The van der Waals surface area contributed by atoms with Crippen LogP contribution in [0.25, 0.3) is 5.57 Å². The highest BCUT2D eigenvalue weighted by molar-refractivity contribution is 6.13. The van der Waals surface area contributed by atoms with E-state index in [0.717, 1.165) is 10.8 Å². The van der Waals surface area contributed by atoms with Gasteiger partial charge >= 0.3 is 5.97 Å². The van der Waals surface area contributed by atoms with Gasteiger partial charge in [-0.25, -0.2) is 9.79 Å². The van der Waals surface area contributed by atoms with Crippen LogP contribution in [0, 0.1) is 5.92 Å². The van der Waals surface area contributed by atoms with E-state index >= 15 is 0 Å². The van der Waals surface area contributed by atoms with Gasteiger partial charge in [0.1, 0.15) is 0 Å². The number of carbonyl (C=O) groups excluding carboxylic acids is 1. The number of carbonyl (C=O) groups is 2. The second kappa shape index (κ2) is 3.73. The summed E-state index contributed by atoms with van der Waals surface area (Å²) in [5.41, 5.74) is 0.886. The Hall–Kier alpha value is -2.56. The zero-order chi connectivity index (χ0) is 12.7. The maximum Gasteiger partial charge on any atom is 0.335 e. The summed E-state index contributed by atoms with van der Waals surface area (Å²) in [4.78, 5) is 30.6. The monoisotopic (exact) mass is 240 g/mol. The minimum absolute atomic E-state index is 0.118. The third-order valence-electron chi connectivity index (χ3n) is 2.97. The van der Waals surface area contributed by atoms with Crippen LogP contribution < -0.4 is 10.6 Å². The second-order valence-corrected chi connectivity index (χ2v) is 4.04. The zero-order valence-corrected chi connectivity index (χ0v) is 9.20. The summed E-state index contributed by atoms with van der Waals surface area (Å²) in [5.74, 6) is -1.72. The smallest absolute Gasteiger partial charge is 0.335 e. The molecule has 0 aliphatic carbocycles. The molecule has 3 rings (SSSR count). The van der Waals surface area contributed by atoms with Gasteiger partial charge in [0.15, 0.2) is 0 Å². The van der Waals surface area contributed by atoms with E-state index in [1.54, 1.807) is 24.6 Å².